The van der Waals surface area contributed by atoms with Crippen molar-refractivity contribution in [3.8, 4) is 0 Å². The van der Waals surface area contributed by atoms with Crippen LogP contribution in [-0.4, -0.2) is 32.2 Å². The summed E-state index contributed by atoms with van der Waals surface area (Å²) in [5.41, 5.74) is -0.0920. The smallest absolute Gasteiger partial charge is 0.250 e. The first-order valence-electron chi connectivity index (χ1n) is 6.52. The van der Waals surface area contributed by atoms with Crippen LogP contribution in [0.15, 0.2) is 35.5 Å². The summed E-state index contributed by atoms with van der Waals surface area (Å²) < 4.78 is 1.52. The molecule has 7 nitrogen and oxygen atoms in total. The molecule has 2 N–H and O–H groups in total. The number of aromatic nitrogens is 4. The van der Waals surface area contributed by atoms with Gasteiger partial charge in [0.2, 0.25) is 5.91 Å². The van der Waals surface area contributed by atoms with Crippen molar-refractivity contribution in [2.45, 2.75) is 25.8 Å². The van der Waals surface area contributed by atoms with Gasteiger partial charge < -0.3 is 9.88 Å². The Hall–Kier alpha value is -2.44. The van der Waals surface area contributed by atoms with Gasteiger partial charge in [0, 0.05) is 38.2 Å². The van der Waals surface area contributed by atoms with Crippen molar-refractivity contribution in [2.75, 3.05) is 6.54 Å². The van der Waals surface area contributed by atoms with Gasteiger partial charge in [-0.15, -0.1) is 0 Å². The molecule has 0 spiro atoms. The minimum absolute atomic E-state index is 0.0571. The second-order valence-electron chi connectivity index (χ2n) is 4.37. The molecule has 0 aromatic carbocycles. The van der Waals surface area contributed by atoms with Gasteiger partial charge in [0.05, 0.1) is 0 Å². The molecule has 0 aliphatic heterocycles. The number of rotatable bonds is 7. The second kappa shape index (κ2) is 7.22. The van der Waals surface area contributed by atoms with Gasteiger partial charge in [-0.1, -0.05) is 6.07 Å². The van der Waals surface area contributed by atoms with Gasteiger partial charge in [0.15, 0.2) is 0 Å². The highest BCUT2D eigenvalue weighted by Gasteiger charge is 2.02. The summed E-state index contributed by atoms with van der Waals surface area (Å²) in [6.45, 7) is 0.983. The van der Waals surface area contributed by atoms with Crippen LogP contribution in [0.3, 0.4) is 0 Å². The number of nitrogens with zero attached hydrogens (tertiary/aromatic N) is 3. The summed E-state index contributed by atoms with van der Waals surface area (Å²) in [5.74, 6) is 0.758. The Bertz CT molecular complexity index is 591. The summed E-state index contributed by atoms with van der Waals surface area (Å²) in [5, 5.41) is 9.34. The van der Waals surface area contributed by atoms with Crippen molar-refractivity contribution < 1.29 is 4.79 Å². The van der Waals surface area contributed by atoms with Crippen molar-refractivity contribution in [1.82, 2.24) is 25.1 Å². The zero-order chi connectivity index (χ0) is 14.2. The summed E-state index contributed by atoms with van der Waals surface area (Å²) in [6.07, 6.45) is 4.99. The lowest BCUT2D eigenvalue weighted by Gasteiger charge is -2.06. The summed E-state index contributed by atoms with van der Waals surface area (Å²) in [6, 6.07) is 4.94. The molecular weight excluding hydrogens is 258 g/mol. The first kappa shape index (κ1) is 14.0. The number of carbonyl (C=O) groups excluding carboxylic acids is 1. The van der Waals surface area contributed by atoms with Crippen LogP contribution in [0.25, 0.3) is 0 Å². The number of aryl methyl sites for hydroxylation is 2. The maximum Gasteiger partial charge on any atom is 0.250 e. The number of H-pyrrole nitrogens is 1. The quantitative estimate of drug-likeness (QED) is 0.701. The molecule has 0 aliphatic rings. The highest BCUT2D eigenvalue weighted by molar-refractivity contribution is 5.75. The van der Waals surface area contributed by atoms with E-state index in [1.807, 2.05) is 0 Å². The fraction of sp³-hybridized carbons (Fsp3) is 0.385. The van der Waals surface area contributed by atoms with E-state index in [0.717, 1.165) is 18.7 Å². The molecule has 106 valence electrons. The van der Waals surface area contributed by atoms with E-state index < -0.39 is 0 Å². The molecule has 2 rings (SSSR count). The van der Waals surface area contributed by atoms with Crippen LogP contribution in [-0.2, 0) is 17.8 Å². The van der Waals surface area contributed by atoms with E-state index in [2.05, 4.69) is 20.5 Å². The van der Waals surface area contributed by atoms with E-state index in [9.17, 15) is 9.59 Å². The van der Waals surface area contributed by atoms with Crippen LogP contribution >= 0.6 is 0 Å². The van der Waals surface area contributed by atoms with Crippen LogP contribution in [0.5, 0.6) is 0 Å². The van der Waals surface area contributed by atoms with Crippen molar-refractivity contribution in [2.24, 2.45) is 0 Å². The van der Waals surface area contributed by atoms with Crippen LogP contribution in [0.1, 0.15) is 18.7 Å². The number of pyridine rings is 1. The monoisotopic (exact) mass is 275 g/mol. The molecule has 20 heavy (non-hydrogen) atoms. The standard InChI is InChI=1S/C13H17N5O2/c19-12(6-9-18-8-2-1-5-13(18)20)14-7-3-4-11-15-10-16-17-11/h1-2,5,8,10H,3-4,6-7,9H2,(H,14,19)(H,15,16,17). The van der Waals surface area contributed by atoms with E-state index in [1.54, 1.807) is 18.3 Å². The fourth-order valence-electron chi connectivity index (χ4n) is 1.79. The number of hydrogen-bond donors (Lipinski definition) is 2. The summed E-state index contributed by atoms with van der Waals surface area (Å²) >= 11 is 0. The van der Waals surface area contributed by atoms with Crippen LogP contribution in [0.2, 0.25) is 0 Å². The average Bonchev–Trinajstić information content (AvgIpc) is 2.96. The van der Waals surface area contributed by atoms with Gasteiger partial charge >= 0.3 is 0 Å². The minimum atomic E-state index is -0.0920. The van der Waals surface area contributed by atoms with Crippen molar-refractivity contribution in [3.05, 3.63) is 46.9 Å². The van der Waals surface area contributed by atoms with Gasteiger partial charge in [0.25, 0.3) is 5.56 Å². The molecule has 0 fully saturated rings. The van der Waals surface area contributed by atoms with Gasteiger partial charge in [-0.3, -0.25) is 14.7 Å². The van der Waals surface area contributed by atoms with E-state index in [1.165, 1.54) is 17.0 Å². The van der Waals surface area contributed by atoms with E-state index in [-0.39, 0.29) is 11.5 Å². The summed E-state index contributed by atoms with van der Waals surface area (Å²) in [7, 11) is 0. The zero-order valence-corrected chi connectivity index (χ0v) is 11.1. The molecular formula is C13H17N5O2. The average molecular weight is 275 g/mol. The molecule has 0 unspecified atom stereocenters. The fourth-order valence-corrected chi connectivity index (χ4v) is 1.79. The third kappa shape index (κ3) is 4.34. The Morgan fingerprint density at radius 2 is 2.30 bits per heavy atom. The van der Waals surface area contributed by atoms with E-state index in [4.69, 9.17) is 0 Å². The molecule has 0 radical (unpaired) electrons. The Morgan fingerprint density at radius 1 is 1.40 bits per heavy atom. The first-order valence-corrected chi connectivity index (χ1v) is 6.52. The lowest BCUT2D eigenvalue weighted by atomic mass is 10.3. The van der Waals surface area contributed by atoms with Gasteiger partial charge in [-0.25, -0.2) is 4.98 Å². The SMILES string of the molecule is O=C(CCn1ccccc1=O)NCCCc1ncn[nH]1. The maximum atomic E-state index is 11.6. The molecule has 7 heteroatoms. The number of nitrogens with one attached hydrogen (secondary N) is 2. The predicted octanol–water partition coefficient (Wildman–Crippen LogP) is 0.105. The molecule has 2 heterocycles. The van der Waals surface area contributed by atoms with Crippen LogP contribution in [0.4, 0.5) is 0 Å². The number of hydrogen-bond acceptors (Lipinski definition) is 4. The molecule has 0 aliphatic carbocycles. The third-order valence-electron chi connectivity index (χ3n) is 2.86. The van der Waals surface area contributed by atoms with Gasteiger partial charge in [-0.05, 0) is 12.5 Å². The molecule has 0 saturated carbocycles. The van der Waals surface area contributed by atoms with Crippen LogP contribution < -0.4 is 10.9 Å². The lowest BCUT2D eigenvalue weighted by Crippen LogP contribution is -2.27. The van der Waals surface area contributed by atoms with Crippen molar-refractivity contribution in [1.29, 1.82) is 0 Å². The third-order valence-corrected chi connectivity index (χ3v) is 2.86. The predicted molar refractivity (Wildman–Crippen MR) is 73.0 cm³/mol. The molecule has 2 aromatic heterocycles. The topological polar surface area (TPSA) is 92.7 Å². The second-order valence-corrected chi connectivity index (χ2v) is 4.37. The Morgan fingerprint density at radius 3 is 3.05 bits per heavy atom. The van der Waals surface area contributed by atoms with E-state index >= 15 is 0 Å². The zero-order valence-electron chi connectivity index (χ0n) is 11.1. The Balaban J connectivity index is 1.63. The normalized spacial score (nSPS) is 10.4. The molecule has 1 amide bonds. The number of aromatic amines is 1. The van der Waals surface area contributed by atoms with Gasteiger partial charge in [-0.2, -0.15) is 5.10 Å². The molecule has 0 atom stereocenters. The lowest BCUT2D eigenvalue weighted by molar-refractivity contribution is -0.121. The van der Waals surface area contributed by atoms with Crippen molar-refractivity contribution in [3.63, 3.8) is 0 Å². The number of amides is 1. The Kier molecular flexibility index (Phi) is 5.05. The maximum absolute atomic E-state index is 11.6. The highest BCUT2D eigenvalue weighted by Crippen LogP contribution is 1.92. The molecule has 0 saturated heterocycles. The summed E-state index contributed by atoms with van der Waals surface area (Å²) in [4.78, 5) is 27.1. The van der Waals surface area contributed by atoms with E-state index in [0.29, 0.717) is 19.5 Å². The number of carbonyl (C=O) groups is 1. The van der Waals surface area contributed by atoms with Crippen molar-refractivity contribution >= 4 is 5.91 Å². The molecule has 0 bridgehead atoms. The highest BCUT2D eigenvalue weighted by atomic mass is 16.1. The first-order chi connectivity index (χ1) is 9.75. The van der Waals surface area contributed by atoms with Gasteiger partial charge in [0.1, 0.15) is 12.2 Å². The van der Waals surface area contributed by atoms with Crippen LogP contribution in [0, 0.1) is 0 Å². The minimum Gasteiger partial charge on any atom is -0.356 e. The Labute approximate surface area is 116 Å². The molecule has 2 aromatic rings. The largest absolute Gasteiger partial charge is 0.356 e.